The van der Waals surface area contributed by atoms with Gasteiger partial charge < -0.3 is 15.5 Å². The maximum absolute atomic E-state index is 15.2. The first-order valence-electron chi connectivity index (χ1n) is 11.9. The fourth-order valence-corrected chi connectivity index (χ4v) is 5.01. The molecule has 2 aromatic carbocycles. The number of hydrogen-bond donors (Lipinski definition) is 2. The lowest BCUT2D eigenvalue weighted by molar-refractivity contribution is -0.127. The van der Waals surface area contributed by atoms with E-state index in [0.717, 1.165) is 35.5 Å². The number of fused-ring (bicyclic) bond motifs is 1. The molecule has 2 heterocycles. The number of halogens is 1. The lowest BCUT2D eigenvalue weighted by atomic mass is 9.79. The van der Waals surface area contributed by atoms with Crippen LogP contribution in [0, 0.1) is 5.82 Å². The summed E-state index contributed by atoms with van der Waals surface area (Å²) in [5.41, 5.74) is 2.52. The van der Waals surface area contributed by atoms with Crippen molar-refractivity contribution >= 4 is 35.3 Å². The zero-order chi connectivity index (χ0) is 25.3. The van der Waals surface area contributed by atoms with Crippen molar-refractivity contribution < 1.29 is 18.8 Å². The predicted octanol–water partition coefficient (Wildman–Crippen LogP) is 4.86. The van der Waals surface area contributed by atoms with Crippen LogP contribution < -0.4 is 15.5 Å². The van der Waals surface area contributed by atoms with E-state index in [1.807, 2.05) is 6.07 Å². The molecule has 0 saturated carbocycles. The quantitative estimate of drug-likeness (QED) is 0.459. The van der Waals surface area contributed by atoms with E-state index >= 15 is 4.39 Å². The van der Waals surface area contributed by atoms with E-state index in [1.165, 1.54) is 12.1 Å². The van der Waals surface area contributed by atoms with Gasteiger partial charge in [0.1, 0.15) is 18.1 Å². The van der Waals surface area contributed by atoms with Gasteiger partial charge in [-0.1, -0.05) is 32.0 Å². The second kappa shape index (κ2) is 9.52. The maximum Gasteiger partial charge on any atom is 0.329 e. The van der Waals surface area contributed by atoms with Gasteiger partial charge in [0.25, 0.3) is 5.91 Å². The fraction of sp³-hybridized carbons (Fsp3) is 0.370. The Morgan fingerprint density at radius 2 is 1.94 bits per heavy atom. The summed E-state index contributed by atoms with van der Waals surface area (Å²) in [5.74, 6) is -1.44. The highest BCUT2D eigenvalue weighted by Gasteiger charge is 2.38. The van der Waals surface area contributed by atoms with Crippen LogP contribution in [0.4, 0.5) is 20.6 Å². The fourth-order valence-electron chi connectivity index (χ4n) is 5.01. The number of hydrogen-bond acceptors (Lipinski definition) is 4. The molecule has 2 aliphatic heterocycles. The highest BCUT2D eigenvalue weighted by Crippen LogP contribution is 2.44. The van der Waals surface area contributed by atoms with E-state index < -0.39 is 30.2 Å². The van der Waals surface area contributed by atoms with E-state index in [1.54, 1.807) is 30.3 Å². The Labute approximate surface area is 205 Å². The number of nitrogens with zero attached hydrogens (tertiary/aromatic N) is 2. The lowest BCUT2D eigenvalue weighted by Crippen LogP contribution is -2.48. The van der Waals surface area contributed by atoms with Crippen molar-refractivity contribution in [2.45, 2.75) is 52.0 Å². The third kappa shape index (κ3) is 4.92. The molecule has 7 nitrogen and oxygen atoms in total. The number of rotatable bonds is 6. The van der Waals surface area contributed by atoms with E-state index in [9.17, 15) is 14.4 Å². The molecule has 2 aliphatic rings. The molecule has 0 radical (unpaired) electrons. The van der Waals surface area contributed by atoms with Crippen molar-refractivity contribution in [3.63, 3.8) is 0 Å². The molecule has 2 N–H and O–H groups in total. The maximum atomic E-state index is 15.2. The topological polar surface area (TPSA) is 81.8 Å². The standard InChI is InChI=1S/C27H31FN4O3/c1-5-11-32-23-14-21(28)18(12-20(23)17(2)15-27(32,3)4)13-22-25(34)31(26(35)30-22)16-24(33)29-19-9-7-6-8-10-19/h6-10,12-14,17H,5,11,15-16H2,1-4H3,(H,29,33)(H,30,35)/b22-13+. The summed E-state index contributed by atoms with van der Waals surface area (Å²) in [6.45, 7) is 8.94. The van der Waals surface area contributed by atoms with Gasteiger partial charge in [0, 0.05) is 29.0 Å². The molecular formula is C27H31FN4O3. The van der Waals surface area contributed by atoms with Crippen LogP contribution in [0.25, 0.3) is 6.08 Å². The Bertz CT molecular complexity index is 1190. The van der Waals surface area contributed by atoms with Crippen molar-refractivity contribution in [3.8, 4) is 0 Å². The van der Waals surface area contributed by atoms with Gasteiger partial charge in [-0.25, -0.2) is 14.1 Å². The van der Waals surface area contributed by atoms with Crippen molar-refractivity contribution in [2.75, 3.05) is 23.3 Å². The van der Waals surface area contributed by atoms with Gasteiger partial charge >= 0.3 is 6.03 Å². The Hall–Kier alpha value is -3.68. The number of para-hydroxylation sites is 1. The summed E-state index contributed by atoms with van der Waals surface area (Å²) in [4.78, 5) is 40.7. The van der Waals surface area contributed by atoms with Crippen LogP contribution in [0.1, 0.15) is 57.6 Å². The zero-order valence-electron chi connectivity index (χ0n) is 20.5. The number of urea groups is 1. The molecule has 8 heteroatoms. The summed E-state index contributed by atoms with van der Waals surface area (Å²) < 4.78 is 15.2. The molecular weight excluding hydrogens is 447 g/mol. The average molecular weight is 479 g/mol. The Balaban J connectivity index is 1.57. The first-order valence-corrected chi connectivity index (χ1v) is 11.9. The summed E-state index contributed by atoms with van der Waals surface area (Å²) in [5, 5.41) is 5.12. The van der Waals surface area contributed by atoms with Gasteiger partial charge in [-0.15, -0.1) is 0 Å². The molecule has 184 valence electrons. The first kappa shape index (κ1) is 24.4. The Morgan fingerprint density at radius 1 is 1.23 bits per heavy atom. The van der Waals surface area contributed by atoms with Crippen LogP contribution >= 0.6 is 0 Å². The molecule has 1 atom stereocenters. The van der Waals surface area contributed by atoms with Gasteiger partial charge in [-0.05, 0) is 68.5 Å². The van der Waals surface area contributed by atoms with Crippen molar-refractivity contribution in [1.82, 2.24) is 10.2 Å². The normalized spacial score (nSPS) is 20.1. The molecule has 4 rings (SSSR count). The van der Waals surface area contributed by atoms with Crippen LogP contribution in [0.3, 0.4) is 0 Å². The van der Waals surface area contributed by atoms with Crippen molar-refractivity contribution in [1.29, 1.82) is 0 Å². The van der Waals surface area contributed by atoms with Crippen LogP contribution in [0.2, 0.25) is 0 Å². The number of imide groups is 1. The zero-order valence-corrected chi connectivity index (χ0v) is 20.5. The molecule has 0 aliphatic carbocycles. The monoisotopic (exact) mass is 478 g/mol. The van der Waals surface area contributed by atoms with Gasteiger partial charge in [-0.2, -0.15) is 0 Å². The van der Waals surface area contributed by atoms with Crippen molar-refractivity contribution in [2.24, 2.45) is 0 Å². The third-order valence-corrected chi connectivity index (χ3v) is 6.57. The number of carbonyl (C=O) groups excluding carboxylic acids is 3. The number of nitrogens with one attached hydrogen (secondary N) is 2. The number of benzene rings is 2. The molecule has 35 heavy (non-hydrogen) atoms. The molecule has 1 fully saturated rings. The minimum atomic E-state index is -0.716. The minimum Gasteiger partial charge on any atom is -0.366 e. The summed E-state index contributed by atoms with van der Waals surface area (Å²) >= 11 is 0. The summed E-state index contributed by atoms with van der Waals surface area (Å²) in [6, 6.07) is 11.3. The first-order chi connectivity index (χ1) is 16.6. The molecule has 2 aromatic rings. The van der Waals surface area contributed by atoms with Crippen LogP contribution in [0.15, 0.2) is 48.2 Å². The molecule has 4 amide bonds. The van der Waals surface area contributed by atoms with E-state index in [0.29, 0.717) is 5.69 Å². The van der Waals surface area contributed by atoms with Crippen LogP contribution in [-0.4, -0.2) is 41.4 Å². The number of amides is 4. The van der Waals surface area contributed by atoms with E-state index in [-0.39, 0.29) is 22.7 Å². The third-order valence-electron chi connectivity index (χ3n) is 6.57. The van der Waals surface area contributed by atoms with E-state index in [4.69, 9.17) is 0 Å². The smallest absolute Gasteiger partial charge is 0.329 e. The second-order valence-corrected chi connectivity index (χ2v) is 9.80. The number of anilines is 2. The molecule has 0 aromatic heterocycles. The van der Waals surface area contributed by atoms with Crippen LogP contribution in [0.5, 0.6) is 0 Å². The molecule has 0 spiro atoms. The van der Waals surface area contributed by atoms with Gasteiger partial charge in [0.15, 0.2) is 0 Å². The summed E-state index contributed by atoms with van der Waals surface area (Å²) in [7, 11) is 0. The Kier molecular flexibility index (Phi) is 6.65. The molecule has 0 bridgehead atoms. The number of carbonyl (C=O) groups is 3. The van der Waals surface area contributed by atoms with Gasteiger partial charge in [0.2, 0.25) is 5.91 Å². The minimum absolute atomic E-state index is 0.0597. The highest BCUT2D eigenvalue weighted by molar-refractivity contribution is 6.16. The SMILES string of the molecule is CCCN1c2cc(F)c(/C=C3/NC(=O)N(CC(=O)Nc4ccccc4)C3=O)cc2C(C)CC1(C)C. The average Bonchev–Trinajstić information content (AvgIpc) is 3.05. The van der Waals surface area contributed by atoms with Gasteiger partial charge in [0.05, 0.1) is 0 Å². The lowest BCUT2D eigenvalue weighted by Gasteiger charge is -2.47. The second-order valence-electron chi connectivity index (χ2n) is 9.80. The van der Waals surface area contributed by atoms with Crippen molar-refractivity contribution in [3.05, 3.63) is 65.1 Å². The predicted molar refractivity (Wildman–Crippen MR) is 134 cm³/mol. The largest absolute Gasteiger partial charge is 0.366 e. The van der Waals surface area contributed by atoms with E-state index in [2.05, 4.69) is 43.2 Å². The molecule has 1 unspecified atom stereocenters. The Morgan fingerprint density at radius 3 is 2.63 bits per heavy atom. The van der Waals surface area contributed by atoms with Gasteiger partial charge in [-0.3, -0.25) is 9.59 Å². The summed E-state index contributed by atoms with van der Waals surface area (Å²) in [6.07, 6.45) is 3.21. The molecule has 1 saturated heterocycles. The highest BCUT2D eigenvalue weighted by atomic mass is 19.1. The van der Waals surface area contributed by atoms with Crippen LogP contribution in [-0.2, 0) is 9.59 Å².